The molecular weight excluding hydrogens is 384 g/mol. The molecule has 0 radical (unpaired) electrons. The summed E-state index contributed by atoms with van der Waals surface area (Å²) in [7, 11) is 1.65. The van der Waals surface area contributed by atoms with Crippen LogP contribution in [0.5, 0.6) is 5.75 Å². The van der Waals surface area contributed by atoms with Crippen LogP contribution in [-0.2, 0) is 4.79 Å². The number of rotatable bonds is 8. The number of benzene rings is 1. The Morgan fingerprint density at radius 3 is 2.28 bits per heavy atom. The van der Waals surface area contributed by atoms with Crippen LogP contribution < -0.4 is 10.1 Å². The Hall–Kier alpha value is -2.02. The molecule has 2 rings (SSSR count). The third-order valence-corrected chi connectivity index (χ3v) is 5.25. The van der Waals surface area contributed by atoms with Crippen LogP contribution in [0.15, 0.2) is 29.4 Å². The van der Waals surface area contributed by atoms with Crippen molar-refractivity contribution in [1.29, 1.82) is 0 Å². The number of amides is 1. The van der Waals surface area contributed by atoms with Crippen molar-refractivity contribution in [3.63, 3.8) is 0 Å². The van der Waals surface area contributed by atoms with E-state index in [0.29, 0.717) is 5.75 Å². The molecule has 1 amide bonds. The van der Waals surface area contributed by atoms with Crippen LogP contribution >= 0.6 is 11.8 Å². The van der Waals surface area contributed by atoms with Crippen molar-refractivity contribution in [2.75, 3.05) is 12.9 Å². The number of hydrogen-bond acceptors (Lipinski definition) is 5. The molecule has 29 heavy (non-hydrogen) atoms. The first-order chi connectivity index (χ1) is 13.4. The predicted octanol–water partition coefficient (Wildman–Crippen LogP) is 4.96. The summed E-state index contributed by atoms with van der Waals surface area (Å²) in [5.41, 5.74) is 0.861. The lowest BCUT2D eigenvalue weighted by Gasteiger charge is -2.33. The van der Waals surface area contributed by atoms with Gasteiger partial charge in [-0.25, -0.2) is 0 Å². The summed E-state index contributed by atoms with van der Waals surface area (Å²) < 4.78 is 7.30. The molecule has 0 saturated carbocycles. The number of hydrogen-bond donors (Lipinski definition) is 1. The fraction of sp³-hybridized carbons (Fsp3) is 0.591. The molecule has 160 valence electrons. The second kappa shape index (κ2) is 9.20. The molecular formula is C22H34N4O2S. The van der Waals surface area contributed by atoms with Crippen LogP contribution in [0.25, 0.3) is 11.4 Å². The van der Waals surface area contributed by atoms with Gasteiger partial charge < -0.3 is 10.1 Å². The number of thioether (sulfide) groups is 1. The van der Waals surface area contributed by atoms with Gasteiger partial charge in [0.15, 0.2) is 11.0 Å². The first-order valence-electron chi connectivity index (χ1n) is 9.95. The summed E-state index contributed by atoms with van der Waals surface area (Å²) in [6.45, 7) is 14.9. The average molecular weight is 419 g/mol. The van der Waals surface area contributed by atoms with E-state index in [-0.39, 0.29) is 22.9 Å². The average Bonchev–Trinajstić information content (AvgIpc) is 3.01. The van der Waals surface area contributed by atoms with Gasteiger partial charge in [-0.05, 0) is 63.8 Å². The predicted molar refractivity (Wildman–Crippen MR) is 119 cm³/mol. The maximum Gasteiger partial charge on any atom is 0.230 e. The lowest BCUT2D eigenvalue weighted by Crippen LogP contribution is -2.46. The van der Waals surface area contributed by atoms with E-state index in [4.69, 9.17) is 4.74 Å². The quantitative estimate of drug-likeness (QED) is 0.614. The fourth-order valence-electron chi connectivity index (χ4n) is 3.69. The van der Waals surface area contributed by atoms with Crippen molar-refractivity contribution in [1.82, 2.24) is 20.1 Å². The van der Waals surface area contributed by atoms with Gasteiger partial charge >= 0.3 is 0 Å². The Morgan fingerprint density at radius 1 is 1.14 bits per heavy atom. The molecule has 1 heterocycles. The smallest absolute Gasteiger partial charge is 0.230 e. The van der Waals surface area contributed by atoms with Crippen molar-refractivity contribution in [2.45, 2.75) is 71.6 Å². The van der Waals surface area contributed by atoms with Gasteiger partial charge in [-0.15, -0.1) is 10.2 Å². The maximum absolute atomic E-state index is 12.5. The normalized spacial score (nSPS) is 12.3. The summed E-state index contributed by atoms with van der Waals surface area (Å²) in [6, 6.07) is 7.93. The van der Waals surface area contributed by atoms with Gasteiger partial charge in [-0.2, -0.15) is 0 Å². The fourth-order valence-corrected chi connectivity index (χ4v) is 4.56. The van der Waals surface area contributed by atoms with Crippen molar-refractivity contribution in [2.24, 2.45) is 5.41 Å². The molecule has 6 nitrogen and oxygen atoms in total. The summed E-state index contributed by atoms with van der Waals surface area (Å²) in [5, 5.41) is 12.6. The Morgan fingerprint density at radius 2 is 1.76 bits per heavy atom. The van der Waals surface area contributed by atoms with Gasteiger partial charge in [0.05, 0.1) is 12.9 Å². The van der Waals surface area contributed by atoms with E-state index in [0.717, 1.165) is 28.7 Å². The van der Waals surface area contributed by atoms with E-state index in [1.807, 2.05) is 24.3 Å². The Kier molecular flexibility index (Phi) is 7.38. The number of methoxy groups -OCH3 is 1. The largest absolute Gasteiger partial charge is 0.497 e. The molecule has 0 spiro atoms. The highest BCUT2D eigenvalue weighted by atomic mass is 32.2. The van der Waals surface area contributed by atoms with Gasteiger partial charge in [0, 0.05) is 17.1 Å². The van der Waals surface area contributed by atoms with Crippen LogP contribution in [0, 0.1) is 5.41 Å². The zero-order chi connectivity index (χ0) is 21.8. The molecule has 1 N–H and O–H groups in total. The van der Waals surface area contributed by atoms with Crippen LogP contribution in [0.1, 0.15) is 60.9 Å². The third-order valence-electron chi connectivity index (χ3n) is 4.31. The van der Waals surface area contributed by atoms with Crippen molar-refractivity contribution in [3.05, 3.63) is 24.3 Å². The minimum absolute atomic E-state index is 0.00792. The maximum atomic E-state index is 12.5. The van der Waals surface area contributed by atoms with Crippen LogP contribution in [-0.4, -0.2) is 39.1 Å². The molecule has 7 heteroatoms. The number of nitrogens with one attached hydrogen (secondary N) is 1. The van der Waals surface area contributed by atoms with E-state index in [2.05, 4.69) is 68.5 Å². The topological polar surface area (TPSA) is 69.0 Å². The van der Waals surface area contributed by atoms with E-state index < -0.39 is 0 Å². The number of aromatic nitrogens is 3. The lowest BCUT2D eigenvalue weighted by atomic mass is 9.82. The molecule has 2 aromatic rings. The first kappa shape index (κ1) is 23.3. The number of carbonyl (C=O) groups is 1. The summed E-state index contributed by atoms with van der Waals surface area (Å²) in [6.07, 6.45) is 0.903. The van der Waals surface area contributed by atoms with Gasteiger partial charge in [-0.3, -0.25) is 9.36 Å². The highest BCUT2D eigenvalue weighted by Gasteiger charge is 2.27. The SMILES string of the molecule is COc1ccc(-c2nnc(SCC(=O)NC(C)(C)CC(C)(C)C)n2C(C)C)cc1. The van der Waals surface area contributed by atoms with Gasteiger partial charge in [0.1, 0.15) is 5.75 Å². The highest BCUT2D eigenvalue weighted by Crippen LogP contribution is 2.30. The molecule has 0 bridgehead atoms. The molecule has 0 aliphatic heterocycles. The number of nitrogens with zero attached hydrogens (tertiary/aromatic N) is 3. The molecule has 0 atom stereocenters. The Bertz CT molecular complexity index is 820. The van der Waals surface area contributed by atoms with Gasteiger partial charge in [-0.1, -0.05) is 32.5 Å². The third kappa shape index (κ3) is 6.77. The zero-order valence-corrected chi connectivity index (χ0v) is 19.7. The van der Waals surface area contributed by atoms with E-state index >= 15 is 0 Å². The van der Waals surface area contributed by atoms with Gasteiger partial charge in [0.25, 0.3) is 0 Å². The minimum atomic E-state index is -0.254. The molecule has 0 aliphatic rings. The zero-order valence-electron chi connectivity index (χ0n) is 18.9. The second-order valence-corrected chi connectivity index (χ2v) is 10.4. The van der Waals surface area contributed by atoms with E-state index in [1.165, 1.54) is 11.8 Å². The standard InChI is InChI=1S/C22H34N4O2S/c1-15(2)26-19(16-9-11-17(28-8)12-10-16)24-25-20(26)29-13-18(27)23-22(6,7)14-21(3,4)5/h9-12,15H,13-14H2,1-8H3,(H,23,27). The summed E-state index contributed by atoms with van der Waals surface area (Å²) >= 11 is 1.42. The second-order valence-electron chi connectivity index (χ2n) is 9.46. The van der Waals surface area contributed by atoms with Crippen LogP contribution in [0.4, 0.5) is 0 Å². The Balaban J connectivity index is 2.11. The molecule has 1 aromatic carbocycles. The number of ether oxygens (including phenoxy) is 1. The van der Waals surface area contributed by atoms with E-state index in [9.17, 15) is 4.79 Å². The van der Waals surface area contributed by atoms with Crippen molar-refractivity contribution in [3.8, 4) is 17.1 Å². The highest BCUT2D eigenvalue weighted by molar-refractivity contribution is 7.99. The summed E-state index contributed by atoms with van der Waals surface area (Å²) in [4.78, 5) is 12.5. The monoisotopic (exact) mass is 418 g/mol. The first-order valence-corrected chi connectivity index (χ1v) is 10.9. The van der Waals surface area contributed by atoms with Gasteiger partial charge in [0.2, 0.25) is 5.91 Å². The number of carbonyl (C=O) groups excluding carboxylic acids is 1. The molecule has 0 saturated heterocycles. The molecule has 0 fully saturated rings. The lowest BCUT2D eigenvalue weighted by molar-refractivity contribution is -0.120. The summed E-state index contributed by atoms with van der Waals surface area (Å²) in [5.74, 6) is 1.90. The molecule has 0 unspecified atom stereocenters. The van der Waals surface area contributed by atoms with Crippen molar-refractivity contribution >= 4 is 17.7 Å². The molecule has 1 aromatic heterocycles. The van der Waals surface area contributed by atoms with Crippen molar-refractivity contribution < 1.29 is 9.53 Å². The minimum Gasteiger partial charge on any atom is -0.497 e. The Labute approximate surface area is 178 Å². The molecule has 0 aliphatic carbocycles. The van der Waals surface area contributed by atoms with E-state index in [1.54, 1.807) is 7.11 Å². The van der Waals surface area contributed by atoms with Crippen LogP contribution in [0.3, 0.4) is 0 Å². The van der Waals surface area contributed by atoms with Crippen LogP contribution in [0.2, 0.25) is 0 Å².